The first-order valence-electron chi connectivity index (χ1n) is 6.20. The molecule has 0 bridgehead atoms. The zero-order valence-electron chi connectivity index (χ0n) is 11.6. The summed E-state index contributed by atoms with van der Waals surface area (Å²) in [6, 6.07) is 11.0. The highest BCUT2D eigenvalue weighted by Crippen LogP contribution is 2.13. The van der Waals surface area contributed by atoms with E-state index in [1.807, 2.05) is 0 Å². The summed E-state index contributed by atoms with van der Waals surface area (Å²) in [6.45, 7) is 0. The van der Waals surface area contributed by atoms with Crippen LogP contribution in [-0.4, -0.2) is 26.6 Å². The van der Waals surface area contributed by atoms with Crippen LogP contribution in [0, 0.1) is 0 Å². The molecule has 0 radical (unpaired) electrons. The largest absolute Gasteiger partial charge is 0.545 e. The molecule has 2 rings (SSSR count). The van der Waals surface area contributed by atoms with Crippen LogP contribution < -0.4 is 10.4 Å². The summed E-state index contributed by atoms with van der Waals surface area (Å²) >= 11 is 0. The van der Waals surface area contributed by atoms with E-state index in [-0.39, 0.29) is 16.0 Å². The Bertz CT molecular complexity index is 808. The standard InChI is InChI=1S/C15H13NO5S/c1-22(20,21)13-8-4-10(5-9-13)14(17)16-12-6-2-11(3-7-12)15(18)19/h2-9H,1H3,(H,16,17)(H,18,19)/p-1. The summed E-state index contributed by atoms with van der Waals surface area (Å²) < 4.78 is 22.7. The molecule has 0 saturated carbocycles. The van der Waals surface area contributed by atoms with Gasteiger partial charge in [0, 0.05) is 17.5 Å². The molecule has 0 unspecified atom stereocenters. The number of hydrogen-bond donors (Lipinski definition) is 1. The molecule has 0 atom stereocenters. The van der Waals surface area contributed by atoms with Gasteiger partial charge in [-0.1, -0.05) is 12.1 Å². The van der Waals surface area contributed by atoms with Crippen molar-refractivity contribution in [2.45, 2.75) is 4.90 Å². The van der Waals surface area contributed by atoms with E-state index in [1.54, 1.807) is 0 Å². The molecule has 0 aliphatic heterocycles. The lowest BCUT2D eigenvalue weighted by Crippen LogP contribution is -2.22. The molecule has 0 spiro atoms. The van der Waals surface area contributed by atoms with Crippen molar-refractivity contribution in [3.05, 3.63) is 59.7 Å². The van der Waals surface area contributed by atoms with Crippen molar-refractivity contribution in [1.82, 2.24) is 0 Å². The highest BCUT2D eigenvalue weighted by Gasteiger charge is 2.10. The number of carbonyl (C=O) groups is 2. The second kappa shape index (κ2) is 5.98. The number of benzene rings is 2. The summed E-state index contributed by atoms with van der Waals surface area (Å²) in [7, 11) is -3.31. The van der Waals surface area contributed by atoms with Crippen LogP contribution in [0.3, 0.4) is 0 Å². The average molecular weight is 318 g/mol. The Kier molecular flexibility index (Phi) is 4.27. The van der Waals surface area contributed by atoms with Gasteiger partial charge in [-0.2, -0.15) is 0 Å². The van der Waals surface area contributed by atoms with Crippen molar-refractivity contribution >= 4 is 27.4 Å². The minimum atomic E-state index is -3.31. The highest BCUT2D eigenvalue weighted by molar-refractivity contribution is 7.90. The summed E-state index contributed by atoms with van der Waals surface area (Å²) in [5.74, 6) is -1.73. The van der Waals surface area contributed by atoms with E-state index in [1.165, 1.54) is 48.5 Å². The van der Waals surface area contributed by atoms with Crippen LogP contribution in [0.25, 0.3) is 0 Å². The first-order chi connectivity index (χ1) is 10.3. The zero-order valence-corrected chi connectivity index (χ0v) is 12.4. The summed E-state index contributed by atoms with van der Waals surface area (Å²) in [4.78, 5) is 22.8. The lowest BCUT2D eigenvalue weighted by atomic mass is 10.2. The van der Waals surface area contributed by atoms with Crippen molar-refractivity contribution in [3.63, 3.8) is 0 Å². The number of amides is 1. The van der Waals surface area contributed by atoms with Crippen LogP contribution in [0.1, 0.15) is 20.7 Å². The van der Waals surface area contributed by atoms with Gasteiger partial charge in [0.05, 0.1) is 10.9 Å². The van der Waals surface area contributed by atoms with Gasteiger partial charge in [-0.05, 0) is 42.0 Å². The van der Waals surface area contributed by atoms with Gasteiger partial charge in [-0.15, -0.1) is 0 Å². The fraction of sp³-hybridized carbons (Fsp3) is 0.0667. The molecule has 0 aromatic heterocycles. The second-order valence-corrected chi connectivity index (χ2v) is 6.63. The predicted molar refractivity (Wildman–Crippen MR) is 78.3 cm³/mol. The Morgan fingerprint density at radius 1 is 0.909 bits per heavy atom. The van der Waals surface area contributed by atoms with Crippen molar-refractivity contribution in [2.24, 2.45) is 0 Å². The van der Waals surface area contributed by atoms with E-state index in [4.69, 9.17) is 0 Å². The van der Waals surface area contributed by atoms with Gasteiger partial charge in [-0.25, -0.2) is 8.42 Å². The van der Waals surface area contributed by atoms with Gasteiger partial charge in [0.25, 0.3) is 5.91 Å². The molecular formula is C15H12NO5S-. The summed E-state index contributed by atoms with van der Waals surface area (Å²) in [5.41, 5.74) is 0.717. The van der Waals surface area contributed by atoms with E-state index in [0.717, 1.165) is 6.26 Å². The van der Waals surface area contributed by atoms with E-state index in [9.17, 15) is 23.1 Å². The van der Waals surface area contributed by atoms with Crippen LogP contribution in [0.15, 0.2) is 53.4 Å². The zero-order chi connectivity index (χ0) is 16.3. The fourth-order valence-electron chi connectivity index (χ4n) is 1.75. The molecule has 22 heavy (non-hydrogen) atoms. The molecule has 2 aromatic carbocycles. The number of sulfone groups is 1. The number of carboxylic acids is 1. The Balaban J connectivity index is 2.13. The maximum absolute atomic E-state index is 12.0. The monoisotopic (exact) mass is 318 g/mol. The van der Waals surface area contributed by atoms with Gasteiger partial charge < -0.3 is 15.2 Å². The third-order valence-corrected chi connectivity index (χ3v) is 4.05. The molecule has 0 fully saturated rings. The lowest BCUT2D eigenvalue weighted by molar-refractivity contribution is -0.255. The highest BCUT2D eigenvalue weighted by atomic mass is 32.2. The Morgan fingerprint density at radius 2 is 1.41 bits per heavy atom. The van der Waals surface area contributed by atoms with E-state index in [0.29, 0.717) is 5.69 Å². The SMILES string of the molecule is CS(=O)(=O)c1ccc(C(=O)Nc2ccc(C(=O)[O-])cc2)cc1. The number of carboxylic acid groups (broad SMARTS) is 1. The predicted octanol–water partition coefficient (Wildman–Crippen LogP) is 0.706. The molecule has 114 valence electrons. The number of hydrogen-bond acceptors (Lipinski definition) is 5. The molecule has 2 aromatic rings. The third kappa shape index (κ3) is 3.70. The van der Waals surface area contributed by atoms with Gasteiger partial charge in [0.2, 0.25) is 0 Å². The van der Waals surface area contributed by atoms with Crippen molar-refractivity contribution in [1.29, 1.82) is 0 Å². The Hall–Kier alpha value is -2.67. The second-order valence-electron chi connectivity index (χ2n) is 4.62. The lowest BCUT2D eigenvalue weighted by Gasteiger charge is -2.07. The summed E-state index contributed by atoms with van der Waals surface area (Å²) in [5, 5.41) is 13.2. The Morgan fingerprint density at radius 3 is 1.86 bits per heavy atom. The third-order valence-electron chi connectivity index (χ3n) is 2.92. The normalized spacial score (nSPS) is 11.0. The molecule has 0 aliphatic carbocycles. The first kappa shape index (κ1) is 15.7. The van der Waals surface area contributed by atoms with Gasteiger partial charge in [0.1, 0.15) is 0 Å². The molecule has 0 saturated heterocycles. The van der Waals surface area contributed by atoms with Gasteiger partial charge in [-0.3, -0.25) is 4.79 Å². The van der Waals surface area contributed by atoms with Crippen molar-refractivity contribution in [2.75, 3.05) is 11.6 Å². The van der Waals surface area contributed by atoms with E-state index >= 15 is 0 Å². The minimum absolute atomic E-state index is 0.00973. The van der Waals surface area contributed by atoms with Gasteiger partial charge in [0.15, 0.2) is 9.84 Å². The van der Waals surface area contributed by atoms with Crippen LogP contribution in [0.4, 0.5) is 5.69 Å². The Labute approximate surface area is 127 Å². The molecule has 6 nitrogen and oxygen atoms in total. The van der Waals surface area contributed by atoms with Crippen molar-refractivity contribution in [3.8, 4) is 0 Å². The number of rotatable bonds is 4. The molecule has 1 amide bonds. The van der Waals surface area contributed by atoms with Crippen molar-refractivity contribution < 1.29 is 23.1 Å². The van der Waals surface area contributed by atoms with Crippen LogP contribution >= 0.6 is 0 Å². The van der Waals surface area contributed by atoms with Crippen LogP contribution in [-0.2, 0) is 9.84 Å². The maximum Gasteiger partial charge on any atom is 0.255 e. The first-order valence-corrected chi connectivity index (χ1v) is 8.09. The summed E-state index contributed by atoms with van der Waals surface area (Å²) in [6.07, 6.45) is 1.08. The maximum atomic E-state index is 12.0. The van der Waals surface area contributed by atoms with Crippen LogP contribution in [0.2, 0.25) is 0 Å². The molecule has 0 aliphatic rings. The number of anilines is 1. The quantitative estimate of drug-likeness (QED) is 0.894. The smallest absolute Gasteiger partial charge is 0.255 e. The topological polar surface area (TPSA) is 103 Å². The van der Waals surface area contributed by atoms with Gasteiger partial charge >= 0.3 is 0 Å². The molecular weight excluding hydrogens is 306 g/mol. The molecule has 0 heterocycles. The fourth-order valence-corrected chi connectivity index (χ4v) is 2.38. The molecule has 7 heteroatoms. The number of nitrogens with one attached hydrogen (secondary N) is 1. The number of carbonyl (C=O) groups excluding carboxylic acids is 2. The average Bonchev–Trinajstić information content (AvgIpc) is 2.47. The van der Waals surface area contributed by atoms with E-state index in [2.05, 4.69) is 5.32 Å². The van der Waals surface area contributed by atoms with E-state index < -0.39 is 21.7 Å². The van der Waals surface area contributed by atoms with Crippen LogP contribution in [0.5, 0.6) is 0 Å². The minimum Gasteiger partial charge on any atom is -0.545 e. The molecule has 1 N–H and O–H groups in total. The number of aromatic carboxylic acids is 1.